The Bertz CT molecular complexity index is 388. The highest BCUT2D eigenvalue weighted by atomic mass is 19.4. The highest BCUT2D eigenvalue weighted by molar-refractivity contribution is 5.28. The van der Waals surface area contributed by atoms with Crippen molar-refractivity contribution in [1.82, 2.24) is 5.32 Å². The Balaban J connectivity index is 2.18. The Morgan fingerprint density at radius 3 is 2.44 bits per heavy atom. The maximum atomic E-state index is 12.5. The van der Waals surface area contributed by atoms with Gasteiger partial charge in [-0.25, -0.2) is 0 Å². The molecule has 1 heterocycles. The molecule has 1 fully saturated rings. The van der Waals surface area contributed by atoms with E-state index < -0.39 is 11.7 Å². The van der Waals surface area contributed by atoms with Gasteiger partial charge in [0.1, 0.15) is 0 Å². The molecule has 18 heavy (non-hydrogen) atoms. The quantitative estimate of drug-likeness (QED) is 0.854. The predicted molar refractivity (Wildman–Crippen MR) is 62.2 cm³/mol. The van der Waals surface area contributed by atoms with Crippen molar-refractivity contribution < 1.29 is 18.3 Å². The molecule has 2 nitrogen and oxygen atoms in total. The highest BCUT2D eigenvalue weighted by Crippen LogP contribution is 2.33. The van der Waals surface area contributed by atoms with Gasteiger partial charge in [0.2, 0.25) is 0 Å². The Labute approximate surface area is 104 Å². The van der Waals surface area contributed by atoms with Crippen molar-refractivity contribution in [2.24, 2.45) is 5.92 Å². The molecule has 1 aromatic rings. The molecule has 0 aromatic heterocycles. The van der Waals surface area contributed by atoms with Gasteiger partial charge in [-0.15, -0.1) is 0 Å². The summed E-state index contributed by atoms with van der Waals surface area (Å²) in [6, 6.07) is 5.25. The van der Waals surface area contributed by atoms with Gasteiger partial charge in [0.05, 0.1) is 5.56 Å². The molecule has 0 bridgehead atoms. The van der Waals surface area contributed by atoms with Gasteiger partial charge in [0, 0.05) is 19.1 Å². The zero-order valence-corrected chi connectivity index (χ0v) is 9.87. The maximum Gasteiger partial charge on any atom is 0.416 e. The van der Waals surface area contributed by atoms with Crippen LogP contribution in [0.25, 0.3) is 0 Å². The second kappa shape index (κ2) is 5.28. The van der Waals surface area contributed by atoms with Crippen LogP contribution in [0.5, 0.6) is 0 Å². The Morgan fingerprint density at radius 1 is 1.22 bits per heavy atom. The minimum Gasteiger partial charge on any atom is -0.396 e. The van der Waals surface area contributed by atoms with Crippen LogP contribution in [0, 0.1) is 5.92 Å². The van der Waals surface area contributed by atoms with Gasteiger partial charge in [-0.3, -0.25) is 0 Å². The number of nitrogens with one attached hydrogen (secondary N) is 1. The highest BCUT2D eigenvalue weighted by Gasteiger charge is 2.31. The average Bonchev–Trinajstić information content (AvgIpc) is 2.38. The van der Waals surface area contributed by atoms with Crippen LogP contribution in [0.15, 0.2) is 24.3 Å². The standard InChI is InChI=1S/C13H16F3NO/c14-13(15,16)11-3-1-9(2-4-11)12-7-17-6-5-10(12)8-18/h1-4,10,12,17-18H,5-8H2. The molecule has 2 atom stereocenters. The lowest BCUT2D eigenvalue weighted by Gasteiger charge is -2.31. The number of aliphatic hydroxyl groups is 1. The molecule has 1 aromatic carbocycles. The minimum atomic E-state index is -4.29. The second-order valence-electron chi connectivity index (χ2n) is 4.66. The molecule has 0 aliphatic carbocycles. The van der Waals surface area contributed by atoms with E-state index >= 15 is 0 Å². The molecule has 5 heteroatoms. The van der Waals surface area contributed by atoms with Crippen molar-refractivity contribution >= 4 is 0 Å². The van der Waals surface area contributed by atoms with Crippen molar-refractivity contribution in [1.29, 1.82) is 0 Å². The largest absolute Gasteiger partial charge is 0.416 e. The number of aliphatic hydroxyl groups excluding tert-OH is 1. The first-order valence-electron chi connectivity index (χ1n) is 6.01. The van der Waals surface area contributed by atoms with Crippen LogP contribution in [0.1, 0.15) is 23.5 Å². The second-order valence-corrected chi connectivity index (χ2v) is 4.66. The smallest absolute Gasteiger partial charge is 0.396 e. The van der Waals surface area contributed by atoms with Crippen LogP contribution in [0.3, 0.4) is 0 Å². The monoisotopic (exact) mass is 259 g/mol. The molecule has 2 N–H and O–H groups in total. The summed E-state index contributed by atoms with van der Waals surface area (Å²) >= 11 is 0. The number of piperidine rings is 1. The Kier molecular flexibility index (Phi) is 3.92. The number of rotatable bonds is 2. The van der Waals surface area contributed by atoms with Crippen molar-refractivity contribution in [3.63, 3.8) is 0 Å². The van der Waals surface area contributed by atoms with Crippen LogP contribution in [-0.4, -0.2) is 24.8 Å². The Hall–Kier alpha value is -1.07. The third-order valence-electron chi connectivity index (χ3n) is 3.53. The minimum absolute atomic E-state index is 0.0768. The summed E-state index contributed by atoms with van der Waals surface area (Å²) in [5, 5.41) is 12.5. The van der Waals surface area contributed by atoms with Gasteiger partial charge >= 0.3 is 6.18 Å². The fraction of sp³-hybridized carbons (Fsp3) is 0.538. The van der Waals surface area contributed by atoms with Gasteiger partial charge in [-0.1, -0.05) is 12.1 Å². The van der Waals surface area contributed by atoms with E-state index in [1.807, 2.05) is 0 Å². The van der Waals surface area contributed by atoms with E-state index in [1.54, 1.807) is 0 Å². The normalized spacial score (nSPS) is 25.1. The molecule has 0 spiro atoms. The summed E-state index contributed by atoms with van der Waals surface area (Å²) in [6.07, 6.45) is -3.44. The maximum absolute atomic E-state index is 12.5. The van der Waals surface area contributed by atoms with E-state index in [9.17, 15) is 18.3 Å². The Morgan fingerprint density at radius 2 is 1.89 bits per heavy atom. The van der Waals surface area contributed by atoms with Crippen molar-refractivity contribution in [2.75, 3.05) is 19.7 Å². The molecule has 1 aliphatic rings. The van der Waals surface area contributed by atoms with Crippen LogP contribution >= 0.6 is 0 Å². The number of alkyl halides is 3. The van der Waals surface area contributed by atoms with Gasteiger partial charge < -0.3 is 10.4 Å². The van der Waals surface area contributed by atoms with Crippen molar-refractivity contribution in [2.45, 2.75) is 18.5 Å². The van der Waals surface area contributed by atoms with Crippen LogP contribution in [-0.2, 0) is 6.18 Å². The van der Waals surface area contributed by atoms with E-state index in [0.717, 1.165) is 30.7 Å². The van der Waals surface area contributed by atoms with E-state index in [2.05, 4.69) is 5.32 Å². The number of hydrogen-bond acceptors (Lipinski definition) is 2. The van der Waals surface area contributed by atoms with Gasteiger partial charge in [0.15, 0.2) is 0 Å². The number of hydrogen-bond donors (Lipinski definition) is 2. The molecule has 2 rings (SSSR count). The lowest BCUT2D eigenvalue weighted by molar-refractivity contribution is -0.137. The van der Waals surface area contributed by atoms with Crippen LogP contribution in [0.2, 0.25) is 0 Å². The topological polar surface area (TPSA) is 32.3 Å². The summed E-state index contributed by atoms with van der Waals surface area (Å²) in [6.45, 7) is 1.63. The van der Waals surface area contributed by atoms with Gasteiger partial charge in [0.25, 0.3) is 0 Å². The predicted octanol–water partition coefficient (Wildman–Crippen LogP) is 2.39. The fourth-order valence-corrected chi connectivity index (χ4v) is 2.44. The lowest BCUT2D eigenvalue weighted by Crippen LogP contribution is -2.36. The third kappa shape index (κ3) is 2.84. The molecule has 0 amide bonds. The fourth-order valence-electron chi connectivity index (χ4n) is 2.44. The molecule has 1 aliphatic heterocycles. The molecule has 1 saturated heterocycles. The molecule has 2 unspecified atom stereocenters. The summed E-state index contributed by atoms with van der Waals surface area (Å²) in [4.78, 5) is 0. The molecule has 0 radical (unpaired) electrons. The summed E-state index contributed by atoms with van der Waals surface area (Å²) in [7, 11) is 0. The SMILES string of the molecule is OCC1CCNCC1c1ccc(C(F)(F)F)cc1. The zero-order chi connectivity index (χ0) is 13.2. The van der Waals surface area contributed by atoms with Crippen molar-refractivity contribution in [3.05, 3.63) is 35.4 Å². The first-order valence-corrected chi connectivity index (χ1v) is 6.01. The average molecular weight is 259 g/mol. The third-order valence-corrected chi connectivity index (χ3v) is 3.53. The zero-order valence-electron chi connectivity index (χ0n) is 9.87. The first kappa shape index (κ1) is 13.4. The lowest BCUT2D eigenvalue weighted by atomic mass is 9.82. The van der Waals surface area contributed by atoms with Gasteiger partial charge in [-0.05, 0) is 36.6 Å². The molecular weight excluding hydrogens is 243 g/mol. The summed E-state index contributed by atoms with van der Waals surface area (Å²) < 4.78 is 37.4. The van der Waals surface area contributed by atoms with Gasteiger partial charge in [-0.2, -0.15) is 13.2 Å². The van der Waals surface area contributed by atoms with E-state index in [-0.39, 0.29) is 18.4 Å². The van der Waals surface area contributed by atoms with E-state index in [0.29, 0.717) is 6.54 Å². The summed E-state index contributed by atoms with van der Waals surface area (Å²) in [5.74, 6) is 0.217. The number of benzene rings is 1. The molecule has 100 valence electrons. The van der Waals surface area contributed by atoms with Crippen LogP contribution < -0.4 is 5.32 Å². The summed E-state index contributed by atoms with van der Waals surface area (Å²) in [5.41, 5.74) is 0.227. The number of halogens is 3. The van der Waals surface area contributed by atoms with Crippen molar-refractivity contribution in [3.8, 4) is 0 Å². The first-order chi connectivity index (χ1) is 8.52. The molecular formula is C13H16F3NO. The molecule has 0 saturated carbocycles. The van der Waals surface area contributed by atoms with Crippen LogP contribution in [0.4, 0.5) is 13.2 Å². The van der Waals surface area contributed by atoms with E-state index in [4.69, 9.17) is 0 Å². The van der Waals surface area contributed by atoms with E-state index in [1.165, 1.54) is 12.1 Å².